The van der Waals surface area contributed by atoms with E-state index in [1.165, 1.54) is 5.56 Å². The van der Waals surface area contributed by atoms with Gasteiger partial charge in [-0.1, -0.05) is 29.5 Å². The largest absolute Gasteiger partial charge is 0.486 e. The Hall–Kier alpha value is -3.04. The van der Waals surface area contributed by atoms with Crippen LogP contribution in [-0.4, -0.2) is 26.5 Å². The monoisotopic (exact) mass is 452 g/mol. The lowest BCUT2D eigenvalue weighted by atomic mass is 10.2. The van der Waals surface area contributed by atoms with Crippen molar-refractivity contribution in [2.24, 2.45) is 7.05 Å². The van der Waals surface area contributed by atoms with Gasteiger partial charge in [-0.05, 0) is 37.3 Å². The number of rotatable bonds is 7. The highest BCUT2D eigenvalue weighted by Gasteiger charge is 2.16. The van der Waals surface area contributed by atoms with Gasteiger partial charge in [-0.15, -0.1) is 21.5 Å². The molecule has 0 radical (unpaired) electrons. The van der Waals surface area contributed by atoms with Crippen molar-refractivity contribution < 1.29 is 14.2 Å². The molecular weight excluding hydrogens is 432 g/mol. The smallest absolute Gasteiger partial charge is 0.231 e. The highest BCUT2D eigenvalue weighted by molar-refractivity contribution is 7.98. The maximum Gasteiger partial charge on any atom is 0.231 e. The molecule has 0 saturated carbocycles. The molecule has 3 heterocycles. The highest BCUT2D eigenvalue weighted by Crippen LogP contribution is 2.37. The van der Waals surface area contributed by atoms with Gasteiger partial charge in [-0.2, -0.15) is 0 Å². The van der Waals surface area contributed by atoms with Crippen LogP contribution in [-0.2, 0) is 19.4 Å². The van der Waals surface area contributed by atoms with Crippen molar-refractivity contribution in [3.05, 3.63) is 64.9 Å². The van der Waals surface area contributed by atoms with E-state index >= 15 is 0 Å². The molecule has 158 valence electrons. The summed E-state index contributed by atoms with van der Waals surface area (Å²) >= 11 is 3.22. The zero-order valence-electron chi connectivity index (χ0n) is 17.1. The number of hydrogen-bond acceptors (Lipinski definition) is 8. The summed E-state index contributed by atoms with van der Waals surface area (Å²) in [5.74, 6) is 3.86. The number of hydrogen-bond donors (Lipinski definition) is 0. The van der Waals surface area contributed by atoms with Crippen molar-refractivity contribution in [1.29, 1.82) is 0 Å². The van der Waals surface area contributed by atoms with Crippen LogP contribution < -0.4 is 14.2 Å². The number of fused-ring (bicyclic) bond motifs is 1. The molecule has 4 aromatic rings. The Morgan fingerprint density at radius 3 is 2.81 bits per heavy atom. The van der Waals surface area contributed by atoms with Gasteiger partial charge in [0.15, 0.2) is 22.5 Å². The number of thioether (sulfide) groups is 1. The molecular formula is C22H20N4O3S2. The summed E-state index contributed by atoms with van der Waals surface area (Å²) in [5.41, 5.74) is 3.23. The Bertz CT molecular complexity index is 1200. The van der Waals surface area contributed by atoms with Gasteiger partial charge in [-0.3, -0.25) is 0 Å². The maximum atomic E-state index is 5.83. The molecule has 0 bridgehead atoms. The summed E-state index contributed by atoms with van der Waals surface area (Å²) in [4.78, 5) is 4.76. The average molecular weight is 453 g/mol. The van der Waals surface area contributed by atoms with Crippen LogP contribution in [0.1, 0.15) is 17.1 Å². The van der Waals surface area contributed by atoms with E-state index in [0.717, 1.165) is 44.5 Å². The Morgan fingerprint density at radius 1 is 1.10 bits per heavy atom. The van der Waals surface area contributed by atoms with Crippen LogP contribution in [0, 0.1) is 6.92 Å². The molecule has 7 nitrogen and oxygen atoms in total. The minimum Gasteiger partial charge on any atom is -0.486 e. The molecule has 0 unspecified atom stereocenters. The van der Waals surface area contributed by atoms with E-state index in [2.05, 4.69) is 22.5 Å². The molecule has 0 aliphatic carbocycles. The molecule has 0 saturated heterocycles. The molecule has 1 aliphatic rings. The predicted molar refractivity (Wildman–Crippen MR) is 120 cm³/mol. The van der Waals surface area contributed by atoms with Gasteiger partial charge in [0.1, 0.15) is 17.4 Å². The van der Waals surface area contributed by atoms with E-state index in [1.54, 1.807) is 23.1 Å². The minimum atomic E-state index is 0.272. The molecule has 9 heteroatoms. The van der Waals surface area contributed by atoms with Gasteiger partial charge >= 0.3 is 0 Å². The summed E-state index contributed by atoms with van der Waals surface area (Å²) in [6.45, 7) is 2.70. The maximum absolute atomic E-state index is 5.83. The SMILES string of the molecule is Cc1ccc(OCc2nnc(SCc3csc(-c4ccc5c(c4)OCO5)n3)n2C)cc1. The molecule has 0 N–H and O–H groups in total. The Balaban J connectivity index is 1.20. The fourth-order valence-corrected chi connectivity index (χ4v) is 4.80. The molecule has 5 rings (SSSR count). The molecule has 0 spiro atoms. The second-order valence-electron chi connectivity index (χ2n) is 7.06. The van der Waals surface area contributed by atoms with Crippen molar-refractivity contribution in [1.82, 2.24) is 19.7 Å². The van der Waals surface area contributed by atoms with Gasteiger partial charge < -0.3 is 18.8 Å². The van der Waals surface area contributed by atoms with Crippen LogP contribution in [0.2, 0.25) is 0 Å². The van der Waals surface area contributed by atoms with Crippen molar-refractivity contribution in [3.8, 4) is 27.8 Å². The zero-order valence-corrected chi connectivity index (χ0v) is 18.7. The van der Waals surface area contributed by atoms with Crippen LogP contribution >= 0.6 is 23.1 Å². The van der Waals surface area contributed by atoms with Gasteiger partial charge in [0.05, 0.1) is 5.69 Å². The van der Waals surface area contributed by atoms with Crippen molar-refractivity contribution in [2.45, 2.75) is 24.4 Å². The fourth-order valence-electron chi connectivity index (χ4n) is 3.05. The van der Waals surface area contributed by atoms with E-state index in [0.29, 0.717) is 12.4 Å². The highest BCUT2D eigenvalue weighted by atomic mass is 32.2. The summed E-state index contributed by atoms with van der Waals surface area (Å²) in [7, 11) is 1.95. The molecule has 31 heavy (non-hydrogen) atoms. The van der Waals surface area contributed by atoms with Crippen LogP contribution in [0.3, 0.4) is 0 Å². The third kappa shape index (κ3) is 4.38. The summed E-state index contributed by atoms with van der Waals surface area (Å²) in [5, 5.41) is 12.4. The normalized spacial score (nSPS) is 12.3. The van der Waals surface area contributed by atoms with E-state index < -0.39 is 0 Å². The molecule has 1 aliphatic heterocycles. The first kappa shape index (κ1) is 19.9. The van der Waals surface area contributed by atoms with E-state index in [1.807, 2.05) is 54.1 Å². The number of thiazole rings is 1. The van der Waals surface area contributed by atoms with Crippen LogP contribution in [0.5, 0.6) is 17.2 Å². The first-order chi connectivity index (χ1) is 15.2. The van der Waals surface area contributed by atoms with E-state index in [9.17, 15) is 0 Å². The zero-order chi connectivity index (χ0) is 21.2. The second-order valence-corrected chi connectivity index (χ2v) is 8.86. The first-order valence-electron chi connectivity index (χ1n) is 9.71. The van der Waals surface area contributed by atoms with Gasteiger partial charge in [0.2, 0.25) is 6.79 Å². The van der Waals surface area contributed by atoms with E-state index in [-0.39, 0.29) is 6.79 Å². The first-order valence-corrected chi connectivity index (χ1v) is 11.6. The van der Waals surface area contributed by atoms with E-state index in [4.69, 9.17) is 19.2 Å². The lowest BCUT2D eigenvalue weighted by Gasteiger charge is -2.06. The summed E-state index contributed by atoms with van der Waals surface area (Å²) in [6, 6.07) is 13.9. The molecule has 2 aromatic heterocycles. The summed E-state index contributed by atoms with van der Waals surface area (Å²) < 4.78 is 18.6. The Morgan fingerprint density at radius 2 is 1.94 bits per heavy atom. The van der Waals surface area contributed by atoms with Crippen LogP contribution in [0.4, 0.5) is 0 Å². The number of aromatic nitrogens is 4. The van der Waals surface area contributed by atoms with Gasteiger partial charge in [-0.25, -0.2) is 4.98 Å². The quantitative estimate of drug-likeness (QED) is 0.371. The van der Waals surface area contributed by atoms with Crippen molar-refractivity contribution >= 4 is 23.1 Å². The second kappa shape index (κ2) is 8.60. The van der Waals surface area contributed by atoms with Gasteiger partial charge in [0, 0.05) is 23.7 Å². The lowest BCUT2D eigenvalue weighted by Crippen LogP contribution is -2.04. The number of benzene rings is 2. The third-order valence-corrected chi connectivity index (χ3v) is 6.83. The molecule has 0 fully saturated rings. The number of nitrogens with zero attached hydrogens (tertiary/aromatic N) is 4. The topological polar surface area (TPSA) is 71.3 Å². The third-order valence-electron chi connectivity index (χ3n) is 4.83. The van der Waals surface area contributed by atoms with Crippen LogP contribution in [0.15, 0.2) is 53.0 Å². The van der Waals surface area contributed by atoms with Crippen LogP contribution in [0.25, 0.3) is 10.6 Å². The number of aryl methyl sites for hydroxylation is 1. The fraction of sp³-hybridized carbons (Fsp3) is 0.227. The molecule has 0 atom stereocenters. The Labute approximate surface area is 188 Å². The minimum absolute atomic E-state index is 0.272. The van der Waals surface area contributed by atoms with Crippen molar-refractivity contribution in [2.75, 3.05) is 6.79 Å². The standard InChI is InChI=1S/C22H20N4O3S2/c1-14-3-6-17(7-4-14)27-10-20-24-25-22(26(20)2)31-12-16-11-30-21(23-16)15-5-8-18-19(9-15)29-13-28-18/h3-9,11H,10,12-13H2,1-2H3. The van der Waals surface area contributed by atoms with Crippen molar-refractivity contribution in [3.63, 3.8) is 0 Å². The van der Waals surface area contributed by atoms with Gasteiger partial charge in [0.25, 0.3) is 0 Å². The summed E-state index contributed by atoms with van der Waals surface area (Å²) in [6.07, 6.45) is 0. The number of ether oxygens (including phenoxy) is 3. The lowest BCUT2D eigenvalue weighted by molar-refractivity contribution is 0.174. The molecule has 0 amide bonds. The molecule has 2 aromatic carbocycles. The Kier molecular flexibility index (Phi) is 5.52. The predicted octanol–water partition coefficient (Wildman–Crippen LogP) is 4.85. The average Bonchev–Trinajstić information content (AvgIpc) is 3.52.